The number of carbonyl (C=O) groups is 1. The van der Waals surface area contributed by atoms with Gasteiger partial charge in [0.25, 0.3) is 0 Å². The molecule has 30 heavy (non-hydrogen) atoms. The predicted molar refractivity (Wildman–Crippen MR) is 105 cm³/mol. The number of urea groups is 1. The van der Waals surface area contributed by atoms with E-state index >= 15 is 0 Å². The second-order valence-corrected chi connectivity index (χ2v) is 7.71. The summed E-state index contributed by atoms with van der Waals surface area (Å²) in [4.78, 5) is 17.8. The number of amides is 2. The van der Waals surface area contributed by atoms with E-state index in [9.17, 15) is 18.7 Å². The summed E-state index contributed by atoms with van der Waals surface area (Å²) >= 11 is 1.25. The maximum Gasteiger partial charge on any atom is 0.586 e. The van der Waals surface area contributed by atoms with Gasteiger partial charge in [0, 0.05) is 17.1 Å². The van der Waals surface area contributed by atoms with Crippen LogP contribution < -0.4 is 19.6 Å². The van der Waals surface area contributed by atoms with Crippen LogP contribution in [0.4, 0.5) is 13.6 Å². The molecule has 1 aliphatic rings. The van der Waals surface area contributed by atoms with Crippen molar-refractivity contribution >= 4 is 17.4 Å². The number of rotatable bonds is 4. The van der Waals surface area contributed by atoms with Gasteiger partial charge in [-0.1, -0.05) is 30.3 Å². The fourth-order valence-corrected chi connectivity index (χ4v) is 3.82. The number of carbonyl (C=O) groups excluding carboxylic acids is 1. The maximum absolute atomic E-state index is 13.3. The Morgan fingerprint density at radius 2 is 1.97 bits per heavy atom. The van der Waals surface area contributed by atoms with Crippen LogP contribution in [0.2, 0.25) is 0 Å². The minimum absolute atomic E-state index is 0.0683. The Kier molecular flexibility index (Phi) is 5.27. The Hall–Kier alpha value is -3.24. The number of nitrogens with one attached hydrogen (secondary N) is 1. The zero-order valence-electron chi connectivity index (χ0n) is 15.7. The first-order valence-electron chi connectivity index (χ1n) is 8.95. The van der Waals surface area contributed by atoms with Gasteiger partial charge in [-0.05, 0) is 24.6 Å². The molecule has 7 nitrogen and oxygen atoms in total. The third kappa shape index (κ3) is 4.19. The van der Waals surface area contributed by atoms with E-state index in [2.05, 4.69) is 19.8 Å². The summed E-state index contributed by atoms with van der Waals surface area (Å²) in [5, 5.41) is 12.3. The van der Waals surface area contributed by atoms with E-state index in [1.807, 2.05) is 13.0 Å². The molecule has 1 atom stereocenters. The van der Waals surface area contributed by atoms with Crippen LogP contribution in [-0.4, -0.2) is 28.6 Å². The third-order valence-electron chi connectivity index (χ3n) is 4.31. The van der Waals surface area contributed by atoms with Gasteiger partial charge in [0.2, 0.25) is 0 Å². The van der Waals surface area contributed by atoms with Gasteiger partial charge in [-0.2, -0.15) is 4.99 Å². The van der Waals surface area contributed by atoms with Gasteiger partial charge < -0.3 is 19.9 Å². The number of thiazole rings is 1. The zero-order chi connectivity index (χ0) is 21.3. The fraction of sp³-hybridized carbons (Fsp3) is 0.200. The monoisotopic (exact) mass is 433 g/mol. The van der Waals surface area contributed by atoms with E-state index in [4.69, 9.17) is 0 Å². The lowest BCUT2D eigenvalue weighted by atomic mass is 10.1. The van der Waals surface area contributed by atoms with E-state index in [1.165, 1.54) is 23.5 Å². The highest BCUT2D eigenvalue weighted by atomic mass is 32.1. The van der Waals surface area contributed by atoms with Crippen LogP contribution in [0.25, 0.3) is 5.69 Å². The molecule has 3 aromatic rings. The Morgan fingerprint density at radius 1 is 1.23 bits per heavy atom. The van der Waals surface area contributed by atoms with Gasteiger partial charge in [-0.15, -0.1) is 20.1 Å². The number of nitrogens with zero attached hydrogens (tertiary/aromatic N) is 2. The number of aromatic nitrogens is 1. The molecule has 0 bridgehead atoms. The van der Waals surface area contributed by atoms with Crippen molar-refractivity contribution < 1.29 is 28.2 Å². The Morgan fingerprint density at radius 3 is 2.70 bits per heavy atom. The summed E-state index contributed by atoms with van der Waals surface area (Å²) in [7, 11) is 0. The van der Waals surface area contributed by atoms with Crippen LogP contribution in [0.15, 0.2) is 59.7 Å². The molecular weight excluding hydrogens is 416 g/mol. The molecule has 0 aliphatic carbocycles. The molecule has 0 saturated heterocycles. The molecule has 2 heterocycles. The SMILES string of the molecule is Cc1cn(-c2ccc3c(c2)OC(F)(F)O3)/c(=N/C(=O)N[C@@H](CO)c2ccccc2)s1. The Bertz CT molecular complexity index is 1140. The molecule has 156 valence electrons. The summed E-state index contributed by atoms with van der Waals surface area (Å²) in [5.74, 6) is -0.171. The molecule has 2 aromatic carbocycles. The normalized spacial score (nSPS) is 15.8. The lowest BCUT2D eigenvalue weighted by Crippen LogP contribution is -2.30. The number of aliphatic hydroxyl groups is 1. The first kappa shape index (κ1) is 20.0. The maximum atomic E-state index is 13.3. The topological polar surface area (TPSA) is 85.1 Å². The Balaban J connectivity index is 1.62. The molecule has 2 N–H and O–H groups in total. The summed E-state index contributed by atoms with van der Waals surface area (Å²) in [6, 6.07) is 12.1. The van der Waals surface area contributed by atoms with E-state index in [0.717, 1.165) is 10.4 Å². The second-order valence-electron chi connectivity index (χ2n) is 6.50. The number of halogens is 2. The van der Waals surface area contributed by atoms with Crippen LogP contribution in [0.1, 0.15) is 16.5 Å². The van der Waals surface area contributed by atoms with Crippen molar-refractivity contribution in [3.05, 3.63) is 70.0 Å². The molecule has 0 spiro atoms. The molecule has 0 unspecified atom stereocenters. The number of hydrogen-bond acceptors (Lipinski definition) is 5. The van der Waals surface area contributed by atoms with Gasteiger partial charge in [0.1, 0.15) is 0 Å². The molecule has 2 amide bonds. The van der Waals surface area contributed by atoms with E-state index in [1.54, 1.807) is 41.1 Å². The number of aliphatic hydroxyl groups excluding tert-OH is 1. The minimum Gasteiger partial charge on any atom is -0.395 e. The van der Waals surface area contributed by atoms with E-state index < -0.39 is 18.4 Å². The lowest BCUT2D eigenvalue weighted by molar-refractivity contribution is -0.286. The number of ether oxygens (including phenoxy) is 2. The largest absolute Gasteiger partial charge is 0.586 e. The van der Waals surface area contributed by atoms with Crippen molar-refractivity contribution in [1.82, 2.24) is 9.88 Å². The molecule has 10 heteroatoms. The highest BCUT2D eigenvalue weighted by Crippen LogP contribution is 2.41. The number of benzene rings is 2. The summed E-state index contributed by atoms with van der Waals surface area (Å²) in [5.41, 5.74) is 1.23. The van der Waals surface area contributed by atoms with Gasteiger partial charge in [0.05, 0.1) is 18.3 Å². The average Bonchev–Trinajstić information content (AvgIpc) is 3.23. The fourth-order valence-electron chi connectivity index (χ4n) is 2.99. The molecule has 0 radical (unpaired) electrons. The predicted octanol–water partition coefficient (Wildman–Crippen LogP) is 3.51. The van der Waals surface area contributed by atoms with Crippen LogP contribution in [0, 0.1) is 6.92 Å². The molecule has 4 rings (SSSR count). The van der Waals surface area contributed by atoms with Crippen LogP contribution in [0.3, 0.4) is 0 Å². The molecule has 1 aliphatic heterocycles. The van der Waals surface area contributed by atoms with Crippen LogP contribution in [0.5, 0.6) is 11.5 Å². The van der Waals surface area contributed by atoms with E-state index in [-0.39, 0.29) is 18.1 Å². The van der Waals surface area contributed by atoms with Crippen molar-refractivity contribution in [2.75, 3.05) is 6.61 Å². The van der Waals surface area contributed by atoms with Crippen molar-refractivity contribution in [3.63, 3.8) is 0 Å². The molecule has 0 saturated carbocycles. The van der Waals surface area contributed by atoms with Crippen molar-refractivity contribution in [2.45, 2.75) is 19.3 Å². The third-order valence-corrected chi connectivity index (χ3v) is 5.21. The number of aryl methyl sites for hydroxylation is 1. The minimum atomic E-state index is -3.71. The van der Waals surface area contributed by atoms with Crippen LogP contribution in [-0.2, 0) is 0 Å². The zero-order valence-corrected chi connectivity index (χ0v) is 16.5. The standard InChI is InChI=1S/C20H17F2N3O4S/c1-12-10-25(14-7-8-16-17(9-14)29-20(21,22)28-16)19(30-12)24-18(27)23-15(11-26)13-5-3-2-4-6-13/h2-10,15,26H,11H2,1H3,(H,23,27)/b24-19-/t15-/m0/s1. The molecule has 1 aromatic heterocycles. The summed E-state index contributed by atoms with van der Waals surface area (Å²) in [6.45, 7) is 1.55. The first-order chi connectivity index (χ1) is 14.3. The first-order valence-corrected chi connectivity index (χ1v) is 9.77. The molecule has 0 fully saturated rings. The molecular formula is C20H17F2N3O4S. The number of fused-ring (bicyclic) bond motifs is 1. The highest BCUT2D eigenvalue weighted by Gasteiger charge is 2.43. The van der Waals surface area contributed by atoms with Gasteiger partial charge in [-0.25, -0.2) is 4.79 Å². The highest BCUT2D eigenvalue weighted by molar-refractivity contribution is 7.09. The smallest absolute Gasteiger partial charge is 0.395 e. The number of alkyl halides is 2. The van der Waals surface area contributed by atoms with Crippen molar-refractivity contribution in [2.24, 2.45) is 4.99 Å². The van der Waals surface area contributed by atoms with Gasteiger partial charge in [-0.3, -0.25) is 4.57 Å². The van der Waals surface area contributed by atoms with Crippen molar-refractivity contribution in [1.29, 1.82) is 0 Å². The second kappa shape index (κ2) is 7.88. The summed E-state index contributed by atoms with van der Waals surface area (Å²) in [6.07, 6.45) is -1.98. The van der Waals surface area contributed by atoms with E-state index in [0.29, 0.717) is 10.5 Å². The number of hydrogen-bond donors (Lipinski definition) is 2. The quantitative estimate of drug-likeness (QED) is 0.660. The average molecular weight is 433 g/mol. The van der Waals surface area contributed by atoms with Crippen molar-refractivity contribution in [3.8, 4) is 17.2 Å². The lowest BCUT2D eigenvalue weighted by Gasteiger charge is -2.14. The Labute approximate surface area is 173 Å². The van der Waals surface area contributed by atoms with Gasteiger partial charge >= 0.3 is 12.3 Å². The summed E-state index contributed by atoms with van der Waals surface area (Å²) < 4.78 is 37.1. The van der Waals surface area contributed by atoms with Gasteiger partial charge in [0.15, 0.2) is 16.3 Å². The van der Waals surface area contributed by atoms with Crippen LogP contribution >= 0.6 is 11.3 Å².